The van der Waals surface area contributed by atoms with Gasteiger partial charge in [0.15, 0.2) is 0 Å². The van der Waals surface area contributed by atoms with Crippen LogP contribution in [0.1, 0.15) is 85.5 Å². The SMILES string of the molecule is CCOC(=O)CCCC(CCCC(CCCC(=O)OCC)C(=O)OCC)C(=O)OCC. The monoisotopic (exact) mass is 444 g/mol. The Morgan fingerprint density at radius 2 is 0.839 bits per heavy atom. The summed E-state index contributed by atoms with van der Waals surface area (Å²) in [6, 6.07) is 0. The number of ether oxygens (including phenoxy) is 4. The van der Waals surface area contributed by atoms with E-state index in [0.29, 0.717) is 71.4 Å². The van der Waals surface area contributed by atoms with Gasteiger partial charge in [0.1, 0.15) is 0 Å². The van der Waals surface area contributed by atoms with Crippen molar-refractivity contribution in [1.82, 2.24) is 0 Å². The van der Waals surface area contributed by atoms with E-state index in [1.807, 2.05) is 0 Å². The second kappa shape index (κ2) is 18.6. The first-order valence-corrected chi connectivity index (χ1v) is 11.5. The molecule has 0 aliphatic heterocycles. The minimum Gasteiger partial charge on any atom is -0.466 e. The van der Waals surface area contributed by atoms with E-state index in [4.69, 9.17) is 18.9 Å². The van der Waals surface area contributed by atoms with E-state index < -0.39 is 0 Å². The molecule has 0 aliphatic rings. The minimum absolute atomic E-state index is 0.267. The molecule has 0 rings (SSSR count). The van der Waals surface area contributed by atoms with Gasteiger partial charge in [-0.05, 0) is 66.2 Å². The lowest BCUT2D eigenvalue weighted by Gasteiger charge is -2.18. The van der Waals surface area contributed by atoms with Crippen LogP contribution in [0.4, 0.5) is 0 Å². The second-order valence-corrected chi connectivity index (χ2v) is 7.22. The molecule has 2 atom stereocenters. The van der Waals surface area contributed by atoms with Gasteiger partial charge in [0, 0.05) is 12.8 Å². The van der Waals surface area contributed by atoms with Crippen LogP contribution in [0.5, 0.6) is 0 Å². The molecule has 0 bridgehead atoms. The van der Waals surface area contributed by atoms with Crippen molar-refractivity contribution in [2.45, 2.75) is 85.5 Å². The first-order chi connectivity index (χ1) is 14.9. The molecule has 180 valence electrons. The molecule has 0 spiro atoms. The molecule has 0 aromatic heterocycles. The second-order valence-electron chi connectivity index (χ2n) is 7.22. The summed E-state index contributed by atoms with van der Waals surface area (Å²) in [5, 5.41) is 0. The molecular weight excluding hydrogens is 404 g/mol. The maximum Gasteiger partial charge on any atom is 0.308 e. The maximum atomic E-state index is 12.3. The summed E-state index contributed by atoms with van der Waals surface area (Å²) in [6.45, 7) is 8.30. The van der Waals surface area contributed by atoms with Gasteiger partial charge in [-0.25, -0.2) is 0 Å². The molecule has 0 fully saturated rings. The Bertz CT molecular complexity index is 486. The summed E-state index contributed by atoms with van der Waals surface area (Å²) in [7, 11) is 0. The Balaban J connectivity index is 4.68. The summed E-state index contributed by atoms with van der Waals surface area (Å²) in [4.78, 5) is 47.6. The lowest BCUT2D eigenvalue weighted by atomic mass is 9.90. The van der Waals surface area contributed by atoms with E-state index in [1.165, 1.54) is 0 Å². The molecule has 2 unspecified atom stereocenters. The van der Waals surface area contributed by atoms with Crippen LogP contribution in [0.25, 0.3) is 0 Å². The number of esters is 4. The van der Waals surface area contributed by atoms with Crippen molar-refractivity contribution < 1.29 is 38.1 Å². The van der Waals surface area contributed by atoms with Crippen LogP contribution in [0.2, 0.25) is 0 Å². The fourth-order valence-corrected chi connectivity index (χ4v) is 3.34. The zero-order chi connectivity index (χ0) is 23.5. The predicted octanol–water partition coefficient (Wildman–Crippen LogP) is 3.98. The van der Waals surface area contributed by atoms with Gasteiger partial charge in [-0.15, -0.1) is 0 Å². The molecule has 8 nitrogen and oxygen atoms in total. The molecule has 0 aromatic carbocycles. The van der Waals surface area contributed by atoms with E-state index in [2.05, 4.69) is 0 Å². The zero-order valence-corrected chi connectivity index (χ0v) is 19.6. The largest absolute Gasteiger partial charge is 0.466 e. The summed E-state index contributed by atoms with van der Waals surface area (Å²) >= 11 is 0. The molecule has 0 radical (unpaired) electrons. The Hall–Kier alpha value is -2.12. The molecule has 0 N–H and O–H groups in total. The first-order valence-electron chi connectivity index (χ1n) is 11.5. The van der Waals surface area contributed by atoms with Gasteiger partial charge in [-0.1, -0.05) is 6.42 Å². The van der Waals surface area contributed by atoms with Gasteiger partial charge in [0.2, 0.25) is 0 Å². The maximum absolute atomic E-state index is 12.3. The topological polar surface area (TPSA) is 105 Å². The van der Waals surface area contributed by atoms with Gasteiger partial charge >= 0.3 is 23.9 Å². The van der Waals surface area contributed by atoms with Crippen molar-refractivity contribution in [2.24, 2.45) is 11.8 Å². The molecular formula is C23H40O8. The van der Waals surface area contributed by atoms with E-state index in [1.54, 1.807) is 27.7 Å². The number of hydrogen-bond donors (Lipinski definition) is 0. The van der Waals surface area contributed by atoms with Crippen LogP contribution in [0, 0.1) is 11.8 Å². The summed E-state index contributed by atoms with van der Waals surface area (Å²) in [5.41, 5.74) is 0. The van der Waals surface area contributed by atoms with Crippen molar-refractivity contribution in [3.05, 3.63) is 0 Å². The molecule has 31 heavy (non-hydrogen) atoms. The van der Waals surface area contributed by atoms with Crippen LogP contribution in [-0.4, -0.2) is 50.3 Å². The number of carbonyl (C=O) groups excluding carboxylic acids is 4. The van der Waals surface area contributed by atoms with Crippen molar-refractivity contribution in [2.75, 3.05) is 26.4 Å². The lowest BCUT2D eigenvalue weighted by molar-refractivity contribution is -0.150. The highest BCUT2D eigenvalue weighted by atomic mass is 16.5. The van der Waals surface area contributed by atoms with Crippen LogP contribution in [0.15, 0.2) is 0 Å². The summed E-state index contributed by atoms with van der Waals surface area (Å²) in [5.74, 6) is -1.74. The fourth-order valence-electron chi connectivity index (χ4n) is 3.34. The van der Waals surface area contributed by atoms with E-state index in [9.17, 15) is 19.2 Å². The van der Waals surface area contributed by atoms with Crippen LogP contribution in [-0.2, 0) is 38.1 Å². The normalized spacial score (nSPS) is 12.5. The third-order valence-corrected chi connectivity index (χ3v) is 4.82. The third kappa shape index (κ3) is 14.5. The van der Waals surface area contributed by atoms with E-state index in [-0.39, 0.29) is 48.6 Å². The van der Waals surface area contributed by atoms with Crippen molar-refractivity contribution >= 4 is 23.9 Å². The van der Waals surface area contributed by atoms with Gasteiger partial charge in [-0.3, -0.25) is 19.2 Å². The smallest absolute Gasteiger partial charge is 0.308 e. The van der Waals surface area contributed by atoms with E-state index >= 15 is 0 Å². The molecule has 0 saturated heterocycles. The number of carbonyl (C=O) groups is 4. The van der Waals surface area contributed by atoms with Crippen molar-refractivity contribution in [3.8, 4) is 0 Å². The Morgan fingerprint density at radius 1 is 0.516 bits per heavy atom. The van der Waals surface area contributed by atoms with Gasteiger partial charge in [0.05, 0.1) is 38.3 Å². The average molecular weight is 445 g/mol. The first kappa shape index (κ1) is 28.9. The molecule has 8 heteroatoms. The van der Waals surface area contributed by atoms with Crippen molar-refractivity contribution in [3.63, 3.8) is 0 Å². The Morgan fingerprint density at radius 3 is 1.16 bits per heavy atom. The average Bonchev–Trinajstić information content (AvgIpc) is 2.72. The Labute approximate surface area is 186 Å². The standard InChI is InChI=1S/C23H40O8/c1-5-28-20(24)16-10-14-18(22(26)30-7-3)12-9-13-19(23(27)31-8-4)15-11-17-21(25)29-6-2/h18-19H,5-17H2,1-4H3. The summed E-state index contributed by atoms with van der Waals surface area (Å²) in [6.07, 6.45) is 4.46. The highest BCUT2D eigenvalue weighted by molar-refractivity contribution is 5.73. The lowest BCUT2D eigenvalue weighted by Crippen LogP contribution is -2.21. The van der Waals surface area contributed by atoms with Crippen LogP contribution in [0.3, 0.4) is 0 Å². The highest BCUT2D eigenvalue weighted by Gasteiger charge is 2.24. The predicted molar refractivity (Wildman–Crippen MR) is 115 cm³/mol. The quantitative estimate of drug-likeness (QED) is 0.231. The number of rotatable bonds is 18. The molecule has 0 aromatic rings. The highest BCUT2D eigenvalue weighted by Crippen LogP contribution is 2.23. The van der Waals surface area contributed by atoms with E-state index in [0.717, 1.165) is 0 Å². The fraction of sp³-hybridized carbons (Fsp3) is 0.826. The van der Waals surface area contributed by atoms with Crippen LogP contribution >= 0.6 is 0 Å². The van der Waals surface area contributed by atoms with Gasteiger partial charge in [-0.2, -0.15) is 0 Å². The van der Waals surface area contributed by atoms with Crippen LogP contribution < -0.4 is 0 Å². The molecule has 0 heterocycles. The van der Waals surface area contributed by atoms with Gasteiger partial charge in [0.25, 0.3) is 0 Å². The zero-order valence-electron chi connectivity index (χ0n) is 19.6. The molecule has 0 saturated carbocycles. The minimum atomic E-state index is -0.322. The molecule has 0 amide bonds. The third-order valence-electron chi connectivity index (χ3n) is 4.82. The summed E-state index contributed by atoms with van der Waals surface area (Å²) < 4.78 is 20.2. The molecule has 0 aliphatic carbocycles. The number of hydrogen-bond acceptors (Lipinski definition) is 8. The van der Waals surface area contributed by atoms with Crippen molar-refractivity contribution in [1.29, 1.82) is 0 Å². The van der Waals surface area contributed by atoms with Gasteiger partial charge < -0.3 is 18.9 Å². The Kier molecular flexibility index (Phi) is 17.4.